The summed E-state index contributed by atoms with van der Waals surface area (Å²) in [5, 5.41) is 2.36. The van der Waals surface area contributed by atoms with E-state index in [-0.39, 0.29) is 11.3 Å². The number of amides is 1. The van der Waals surface area contributed by atoms with Crippen molar-refractivity contribution in [1.29, 1.82) is 0 Å². The van der Waals surface area contributed by atoms with Crippen LogP contribution in [0.1, 0.15) is 27.7 Å². The lowest BCUT2D eigenvalue weighted by Crippen LogP contribution is -2.42. The number of carbonyl (C=O) groups is 1. The van der Waals surface area contributed by atoms with Gasteiger partial charge in [0.25, 0.3) is 0 Å². The lowest BCUT2D eigenvalue weighted by Gasteiger charge is -2.35. The fraction of sp³-hybridized carbons (Fsp3) is 0.714. The van der Waals surface area contributed by atoms with Crippen LogP contribution in [-0.2, 0) is 4.79 Å². The molecule has 2 N–H and O–H groups in total. The Labute approximate surface area is 102 Å². The van der Waals surface area contributed by atoms with E-state index in [9.17, 15) is 4.79 Å². The first kappa shape index (κ1) is 9.26. The normalized spacial score (nSPS) is 63.4. The Hall–Kier alpha value is -0.703. The molecule has 0 radical (unpaired) electrons. The molecular formula is C14H17NOSi. The van der Waals surface area contributed by atoms with Gasteiger partial charge in [0.2, 0.25) is 5.91 Å². The molecule has 3 unspecified atom stereocenters. The minimum absolute atomic E-state index is 0.0154. The van der Waals surface area contributed by atoms with Crippen molar-refractivity contribution in [1.82, 2.24) is 0 Å². The van der Waals surface area contributed by atoms with Crippen LogP contribution in [0.4, 0.5) is 0 Å². The maximum absolute atomic E-state index is 11.4. The van der Waals surface area contributed by atoms with Crippen LogP contribution in [0.5, 0.6) is 0 Å². The topological polar surface area (TPSA) is 43.1 Å². The van der Waals surface area contributed by atoms with Gasteiger partial charge in [-0.2, -0.15) is 0 Å². The molecule has 5 aliphatic rings. The predicted octanol–water partition coefficient (Wildman–Crippen LogP) is 1.48. The fourth-order valence-corrected chi connectivity index (χ4v) is 11.8. The minimum Gasteiger partial charge on any atom is -0.369 e. The van der Waals surface area contributed by atoms with Gasteiger partial charge in [0.1, 0.15) is 0 Å². The molecule has 5 rings (SSSR count). The highest BCUT2D eigenvalue weighted by molar-refractivity contribution is 6.83. The lowest BCUT2D eigenvalue weighted by molar-refractivity contribution is -0.125. The summed E-state index contributed by atoms with van der Waals surface area (Å²) in [7, 11) is -0.410. The first-order valence-corrected chi connectivity index (χ1v) is 8.21. The van der Waals surface area contributed by atoms with E-state index in [1.807, 2.05) is 0 Å². The van der Waals surface area contributed by atoms with Crippen LogP contribution in [-0.4, -0.2) is 19.5 Å². The molecule has 3 heteroatoms. The maximum atomic E-state index is 11.4. The van der Waals surface area contributed by atoms with Crippen LogP contribution in [0, 0.1) is 22.7 Å². The van der Waals surface area contributed by atoms with Crippen molar-refractivity contribution in [2.24, 2.45) is 28.4 Å². The van der Waals surface area contributed by atoms with Gasteiger partial charge in [-0.25, -0.2) is 0 Å². The Bertz CT molecular complexity index is 614. The van der Waals surface area contributed by atoms with Gasteiger partial charge in [-0.1, -0.05) is 23.2 Å². The second-order valence-corrected chi connectivity index (χ2v) is 10.2. The van der Waals surface area contributed by atoms with Gasteiger partial charge in [-0.15, -0.1) is 0 Å². The number of rotatable bonds is 2. The number of hydrogen-bond acceptors (Lipinski definition) is 1. The third-order valence-corrected chi connectivity index (χ3v) is 11.6. The number of carbonyl (C=O) groups excluding carboxylic acids is 1. The van der Waals surface area contributed by atoms with Crippen molar-refractivity contribution in [2.75, 3.05) is 0 Å². The lowest BCUT2D eigenvalue weighted by atomic mass is 9.84. The van der Waals surface area contributed by atoms with Crippen molar-refractivity contribution in [3.8, 4) is 0 Å². The number of nitrogens with two attached hydrogens (primary N) is 1. The summed E-state index contributed by atoms with van der Waals surface area (Å²) in [6.07, 6.45) is 0. The maximum Gasteiger partial charge on any atom is 0.224 e. The Kier molecular flexibility index (Phi) is 0.998. The Balaban J connectivity index is 1.56. The smallest absolute Gasteiger partial charge is 0.224 e. The fourth-order valence-electron chi connectivity index (χ4n) is 6.25. The van der Waals surface area contributed by atoms with Crippen molar-refractivity contribution >= 4 is 19.5 Å². The summed E-state index contributed by atoms with van der Waals surface area (Å²) in [6.45, 7) is 9.36. The summed E-state index contributed by atoms with van der Waals surface area (Å²) in [6, 6.07) is 0. The second-order valence-electron chi connectivity index (χ2n) is 6.91. The molecule has 1 amide bonds. The monoisotopic (exact) mass is 243 g/mol. The quantitative estimate of drug-likeness (QED) is 0.734. The van der Waals surface area contributed by atoms with E-state index in [0.29, 0.717) is 10.5 Å². The van der Waals surface area contributed by atoms with E-state index in [1.165, 1.54) is 0 Å². The summed E-state index contributed by atoms with van der Waals surface area (Å²) in [4.78, 5) is 11.4. The van der Waals surface area contributed by atoms with Crippen molar-refractivity contribution in [3.63, 3.8) is 0 Å². The zero-order chi connectivity index (χ0) is 12.1. The second kappa shape index (κ2) is 1.83. The van der Waals surface area contributed by atoms with Crippen molar-refractivity contribution < 1.29 is 4.79 Å². The summed E-state index contributed by atoms with van der Waals surface area (Å²) in [5.74, 6) is 1.51. The molecule has 2 nitrogen and oxygen atoms in total. The van der Waals surface area contributed by atoms with Gasteiger partial charge in [0, 0.05) is 13.8 Å². The van der Waals surface area contributed by atoms with Gasteiger partial charge in [0.15, 0.2) is 0 Å². The molecule has 1 heterocycles. The summed E-state index contributed by atoms with van der Waals surface area (Å²) >= 11 is 0. The molecule has 17 heavy (non-hydrogen) atoms. The summed E-state index contributed by atoms with van der Waals surface area (Å²) in [5.41, 5.74) is 10.1. The molecule has 88 valence electrons. The molecule has 3 atom stereocenters. The van der Waals surface area contributed by atoms with Crippen molar-refractivity contribution in [3.05, 3.63) is 11.1 Å². The molecule has 1 spiro atoms. The van der Waals surface area contributed by atoms with Gasteiger partial charge in [-0.3, -0.25) is 4.79 Å². The molecule has 0 aromatic heterocycles. The first-order valence-electron chi connectivity index (χ1n) is 6.63. The van der Waals surface area contributed by atoms with Gasteiger partial charge >= 0.3 is 0 Å². The molecule has 0 aromatic rings. The number of primary amides is 1. The molecule has 0 aromatic carbocycles. The standard InChI is InChI=1S/C14H17NOSi/c1-5-6(2)8(4)17(7(5)3)14-9-12(11(15)16)10(14)13(9,12)14/h7,9-10H,1-4H3,(H2,15,16). The van der Waals surface area contributed by atoms with Gasteiger partial charge < -0.3 is 5.73 Å². The average molecular weight is 243 g/mol. The van der Waals surface area contributed by atoms with E-state index < -0.39 is 8.41 Å². The SMILES string of the molecule is CC1=C(C)C(C)[Si](C23C4C5(C(N)=O)C2C453)=C1C. The van der Waals surface area contributed by atoms with Crippen LogP contribution in [0.2, 0.25) is 10.6 Å². The van der Waals surface area contributed by atoms with Crippen LogP contribution in [0.15, 0.2) is 11.1 Å². The van der Waals surface area contributed by atoms with Gasteiger partial charge in [-0.05, 0) is 43.2 Å². The highest BCUT2D eigenvalue weighted by atomic mass is 28.2. The predicted molar refractivity (Wildman–Crippen MR) is 68.0 cm³/mol. The first-order chi connectivity index (χ1) is 7.94. The summed E-state index contributed by atoms with van der Waals surface area (Å²) < 4.78 is 0. The van der Waals surface area contributed by atoms with Gasteiger partial charge in [0.05, 0.1) is 5.41 Å². The van der Waals surface area contributed by atoms with E-state index in [2.05, 4.69) is 27.7 Å². The molecule has 4 fully saturated rings. The third kappa shape index (κ3) is 0.453. The van der Waals surface area contributed by atoms with Crippen molar-refractivity contribution in [2.45, 2.75) is 38.3 Å². The Morgan fingerprint density at radius 3 is 2.18 bits per heavy atom. The minimum atomic E-state index is -0.410. The van der Waals surface area contributed by atoms with E-state index in [0.717, 1.165) is 17.4 Å². The highest BCUT2D eigenvalue weighted by Crippen LogP contribution is 3.40. The van der Waals surface area contributed by atoms with E-state index in [4.69, 9.17) is 5.73 Å². The Morgan fingerprint density at radius 1 is 1.29 bits per heavy atom. The average Bonchev–Trinajstić information content (AvgIpc) is 3.10. The molecule has 0 bridgehead atoms. The van der Waals surface area contributed by atoms with Crippen LogP contribution in [0.25, 0.3) is 0 Å². The largest absolute Gasteiger partial charge is 0.369 e. The van der Waals surface area contributed by atoms with Crippen LogP contribution in [0.3, 0.4) is 0 Å². The van der Waals surface area contributed by atoms with Crippen LogP contribution >= 0.6 is 0 Å². The van der Waals surface area contributed by atoms with E-state index in [1.54, 1.807) is 16.3 Å². The Morgan fingerprint density at radius 2 is 1.82 bits per heavy atom. The molecule has 4 saturated carbocycles. The number of fused-ring (bicyclic) bond motifs is 4. The number of hydrogen-bond donors (Lipinski definition) is 1. The van der Waals surface area contributed by atoms with Crippen LogP contribution < -0.4 is 5.73 Å². The highest BCUT2D eigenvalue weighted by Gasteiger charge is 3.38. The zero-order valence-electron chi connectivity index (χ0n) is 10.7. The molecule has 0 saturated heterocycles. The molecule has 4 aliphatic carbocycles. The molecular weight excluding hydrogens is 226 g/mol. The third-order valence-electron chi connectivity index (χ3n) is 7.26. The number of allylic oxidation sites excluding steroid dienone is 2. The zero-order valence-corrected chi connectivity index (χ0v) is 11.7. The molecule has 1 aliphatic heterocycles. The van der Waals surface area contributed by atoms with E-state index >= 15 is 0 Å².